The molecule has 2 rings (SSSR count). The van der Waals surface area contributed by atoms with Gasteiger partial charge in [0.15, 0.2) is 0 Å². The van der Waals surface area contributed by atoms with Gasteiger partial charge in [-0.15, -0.1) is 0 Å². The standard InChI is InChI=1S/C13H24N2O2/c1-12(2,3)17-11(16)15-8-6-13(10-15)5-7-14(4)9-13/h5-10H2,1-4H3/t13-/m0/s1. The summed E-state index contributed by atoms with van der Waals surface area (Å²) >= 11 is 0. The van der Waals surface area contributed by atoms with Crippen LogP contribution in [0.4, 0.5) is 4.79 Å². The lowest BCUT2D eigenvalue weighted by Crippen LogP contribution is -2.37. The van der Waals surface area contributed by atoms with Crippen LogP contribution in [0.1, 0.15) is 33.6 Å². The Morgan fingerprint density at radius 3 is 2.35 bits per heavy atom. The van der Waals surface area contributed by atoms with Crippen molar-refractivity contribution in [2.75, 3.05) is 33.2 Å². The van der Waals surface area contributed by atoms with Crippen LogP contribution in [0.15, 0.2) is 0 Å². The molecule has 4 nitrogen and oxygen atoms in total. The van der Waals surface area contributed by atoms with Crippen molar-refractivity contribution in [1.29, 1.82) is 0 Å². The smallest absolute Gasteiger partial charge is 0.410 e. The lowest BCUT2D eigenvalue weighted by molar-refractivity contribution is 0.0274. The summed E-state index contributed by atoms with van der Waals surface area (Å²) in [4.78, 5) is 16.2. The molecule has 0 unspecified atom stereocenters. The number of carbonyl (C=O) groups is 1. The topological polar surface area (TPSA) is 32.8 Å². The average molecular weight is 240 g/mol. The van der Waals surface area contributed by atoms with Gasteiger partial charge in [0.25, 0.3) is 0 Å². The van der Waals surface area contributed by atoms with E-state index >= 15 is 0 Å². The van der Waals surface area contributed by atoms with Crippen LogP contribution < -0.4 is 0 Å². The summed E-state index contributed by atoms with van der Waals surface area (Å²) in [5.41, 5.74) is -0.0506. The Kier molecular flexibility index (Phi) is 3.10. The lowest BCUT2D eigenvalue weighted by atomic mass is 9.86. The number of ether oxygens (including phenoxy) is 1. The van der Waals surface area contributed by atoms with Crippen LogP contribution in [0.3, 0.4) is 0 Å². The predicted octanol–water partition coefficient (Wildman–Crippen LogP) is 1.95. The summed E-state index contributed by atoms with van der Waals surface area (Å²) in [6.45, 7) is 9.74. The SMILES string of the molecule is CN1CC[C@]2(CCN(C(=O)OC(C)(C)C)C2)C1. The molecule has 2 fully saturated rings. The molecule has 0 aromatic rings. The first-order valence-electron chi connectivity index (χ1n) is 6.46. The van der Waals surface area contributed by atoms with Crippen molar-refractivity contribution in [3.63, 3.8) is 0 Å². The third-order valence-corrected chi connectivity index (χ3v) is 3.72. The molecular weight excluding hydrogens is 216 g/mol. The van der Waals surface area contributed by atoms with E-state index < -0.39 is 0 Å². The van der Waals surface area contributed by atoms with E-state index in [1.165, 1.54) is 6.42 Å². The van der Waals surface area contributed by atoms with Crippen LogP contribution in [-0.4, -0.2) is 54.7 Å². The van der Waals surface area contributed by atoms with Crippen molar-refractivity contribution < 1.29 is 9.53 Å². The van der Waals surface area contributed by atoms with Crippen LogP contribution in [0.2, 0.25) is 0 Å². The molecule has 2 heterocycles. The first kappa shape index (κ1) is 12.7. The van der Waals surface area contributed by atoms with Gasteiger partial charge in [0.1, 0.15) is 5.60 Å². The van der Waals surface area contributed by atoms with Gasteiger partial charge in [-0.3, -0.25) is 0 Å². The van der Waals surface area contributed by atoms with Gasteiger partial charge in [0.05, 0.1) is 0 Å². The summed E-state index contributed by atoms with van der Waals surface area (Å²) in [6, 6.07) is 0. The lowest BCUT2D eigenvalue weighted by Gasteiger charge is -2.26. The zero-order valence-corrected chi connectivity index (χ0v) is 11.5. The number of rotatable bonds is 0. The Bertz CT molecular complexity index is 311. The average Bonchev–Trinajstić information content (AvgIpc) is 2.72. The van der Waals surface area contributed by atoms with Gasteiger partial charge in [0.2, 0.25) is 0 Å². The molecule has 1 spiro atoms. The maximum absolute atomic E-state index is 12.0. The van der Waals surface area contributed by atoms with Crippen LogP contribution in [0.25, 0.3) is 0 Å². The van der Waals surface area contributed by atoms with Gasteiger partial charge in [0, 0.05) is 25.0 Å². The number of hydrogen-bond donors (Lipinski definition) is 0. The van der Waals surface area contributed by atoms with Crippen LogP contribution >= 0.6 is 0 Å². The van der Waals surface area contributed by atoms with Crippen molar-refractivity contribution in [3.05, 3.63) is 0 Å². The van der Waals surface area contributed by atoms with E-state index in [-0.39, 0.29) is 11.7 Å². The van der Waals surface area contributed by atoms with Crippen molar-refractivity contribution in [2.24, 2.45) is 5.41 Å². The third-order valence-electron chi connectivity index (χ3n) is 3.72. The van der Waals surface area contributed by atoms with E-state index in [9.17, 15) is 4.79 Å². The Morgan fingerprint density at radius 2 is 1.82 bits per heavy atom. The highest BCUT2D eigenvalue weighted by molar-refractivity contribution is 5.68. The zero-order valence-electron chi connectivity index (χ0n) is 11.5. The number of hydrogen-bond acceptors (Lipinski definition) is 3. The molecule has 17 heavy (non-hydrogen) atoms. The predicted molar refractivity (Wildman–Crippen MR) is 67.0 cm³/mol. The second kappa shape index (κ2) is 4.16. The van der Waals surface area contributed by atoms with E-state index in [1.807, 2.05) is 25.7 Å². The molecule has 2 aliphatic heterocycles. The van der Waals surface area contributed by atoms with Gasteiger partial charge >= 0.3 is 6.09 Å². The first-order valence-corrected chi connectivity index (χ1v) is 6.46. The van der Waals surface area contributed by atoms with Crippen molar-refractivity contribution in [1.82, 2.24) is 9.80 Å². The van der Waals surface area contributed by atoms with E-state index in [1.54, 1.807) is 0 Å². The maximum atomic E-state index is 12.0. The monoisotopic (exact) mass is 240 g/mol. The molecule has 2 saturated heterocycles. The molecule has 4 heteroatoms. The summed E-state index contributed by atoms with van der Waals surface area (Å²) < 4.78 is 5.42. The van der Waals surface area contributed by atoms with Gasteiger partial charge in [-0.25, -0.2) is 4.79 Å². The Morgan fingerprint density at radius 1 is 1.18 bits per heavy atom. The number of nitrogens with zero attached hydrogens (tertiary/aromatic N) is 2. The minimum Gasteiger partial charge on any atom is -0.444 e. The second-order valence-corrected chi connectivity index (χ2v) is 6.64. The molecule has 1 atom stereocenters. The summed E-state index contributed by atoms with van der Waals surface area (Å²) in [5, 5.41) is 0. The molecule has 0 aliphatic carbocycles. The highest BCUT2D eigenvalue weighted by Crippen LogP contribution is 2.39. The van der Waals surface area contributed by atoms with E-state index in [2.05, 4.69) is 11.9 Å². The van der Waals surface area contributed by atoms with Gasteiger partial charge in [-0.2, -0.15) is 0 Å². The minimum atomic E-state index is -0.390. The number of likely N-dealkylation sites (tertiary alicyclic amines) is 2. The second-order valence-electron chi connectivity index (χ2n) is 6.64. The molecule has 0 N–H and O–H groups in total. The summed E-state index contributed by atoms with van der Waals surface area (Å²) in [7, 11) is 2.16. The van der Waals surface area contributed by atoms with Crippen LogP contribution in [-0.2, 0) is 4.74 Å². The van der Waals surface area contributed by atoms with E-state index in [0.29, 0.717) is 5.41 Å². The Labute approximate surface area is 104 Å². The van der Waals surface area contributed by atoms with Crippen LogP contribution in [0, 0.1) is 5.41 Å². The Balaban J connectivity index is 1.92. The molecule has 0 bridgehead atoms. The number of carbonyl (C=O) groups excluding carboxylic acids is 1. The fraction of sp³-hybridized carbons (Fsp3) is 0.923. The highest BCUT2D eigenvalue weighted by Gasteiger charge is 2.44. The molecule has 0 saturated carbocycles. The normalized spacial score (nSPS) is 30.2. The van der Waals surface area contributed by atoms with Gasteiger partial charge in [-0.05, 0) is 47.2 Å². The largest absolute Gasteiger partial charge is 0.444 e. The first-order chi connectivity index (χ1) is 7.80. The van der Waals surface area contributed by atoms with Crippen molar-refractivity contribution in [3.8, 4) is 0 Å². The van der Waals surface area contributed by atoms with Gasteiger partial charge < -0.3 is 14.5 Å². The fourth-order valence-corrected chi connectivity index (χ4v) is 2.91. The highest BCUT2D eigenvalue weighted by atomic mass is 16.6. The molecule has 98 valence electrons. The molecular formula is C13H24N2O2. The molecule has 0 aromatic heterocycles. The fourth-order valence-electron chi connectivity index (χ4n) is 2.91. The number of amides is 1. The Hall–Kier alpha value is -0.770. The quantitative estimate of drug-likeness (QED) is 0.649. The van der Waals surface area contributed by atoms with Crippen molar-refractivity contribution in [2.45, 2.75) is 39.2 Å². The molecule has 2 aliphatic rings. The van der Waals surface area contributed by atoms with E-state index in [0.717, 1.165) is 32.6 Å². The summed E-state index contributed by atoms with van der Waals surface area (Å²) in [6.07, 6.45) is 2.18. The molecule has 0 radical (unpaired) electrons. The maximum Gasteiger partial charge on any atom is 0.410 e. The molecule has 0 aromatic carbocycles. The zero-order chi connectivity index (χ0) is 12.7. The molecule has 1 amide bonds. The van der Waals surface area contributed by atoms with Crippen LogP contribution in [0.5, 0.6) is 0 Å². The van der Waals surface area contributed by atoms with Gasteiger partial charge in [-0.1, -0.05) is 0 Å². The summed E-state index contributed by atoms with van der Waals surface area (Å²) in [5.74, 6) is 0. The minimum absolute atomic E-state index is 0.149. The van der Waals surface area contributed by atoms with E-state index in [4.69, 9.17) is 4.74 Å². The third kappa shape index (κ3) is 2.92. The van der Waals surface area contributed by atoms with Crippen molar-refractivity contribution >= 4 is 6.09 Å².